The van der Waals surface area contributed by atoms with Gasteiger partial charge in [-0.25, -0.2) is 9.89 Å². The molecule has 4 heterocycles. The Kier molecular flexibility index (Phi) is 6.98. The Morgan fingerprint density at radius 3 is 2.74 bits per heavy atom. The summed E-state index contributed by atoms with van der Waals surface area (Å²) < 4.78 is 5.42. The number of amides is 3. The molecule has 5 atom stereocenters. The van der Waals surface area contributed by atoms with Gasteiger partial charge in [0.25, 0.3) is 0 Å². The van der Waals surface area contributed by atoms with E-state index in [0.29, 0.717) is 31.8 Å². The molecule has 0 saturated carbocycles. The number of nitrogens with one attached hydrogen (secondary N) is 2. The van der Waals surface area contributed by atoms with Crippen molar-refractivity contribution in [1.29, 1.82) is 5.26 Å². The van der Waals surface area contributed by atoms with Crippen LogP contribution in [-0.4, -0.2) is 97.7 Å². The molecule has 5 rings (SSSR count). The number of fused-ring (bicyclic) bond motifs is 2. The van der Waals surface area contributed by atoms with Gasteiger partial charge in [0, 0.05) is 30.9 Å². The second kappa shape index (κ2) is 10.3. The molecule has 3 amide bonds. The van der Waals surface area contributed by atoms with Crippen molar-refractivity contribution in [2.75, 3.05) is 24.5 Å². The number of ether oxygens (including phenoxy) is 1. The number of nitriles is 1. The van der Waals surface area contributed by atoms with E-state index in [1.165, 1.54) is 0 Å². The van der Waals surface area contributed by atoms with Crippen molar-refractivity contribution >= 4 is 23.6 Å². The van der Waals surface area contributed by atoms with E-state index in [2.05, 4.69) is 32.0 Å². The summed E-state index contributed by atoms with van der Waals surface area (Å²) in [5.74, 6) is 0.295. The summed E-state index contributed by atoms with van der Waals surface area (Å²) in [7, 11) is 0. The van der Waals surface area contributed by atoms with E-state index in [4.69, 9.17) is 4.74 Å². The average molecular weight is 536 g/mol. The van der Waals surface area contributed by atoms with E-state index in [1.807, 2.05) is 36.1 Å². The third kappa shape index (κ3) is 5.42. The van der Waals surface area contributed by atoms with Gasteiger partial charge in [-0.2, -0.15) is 5.26 Å². The standard InChI is InChI=1S/C26H33N9O4/c1-15-8-18(11-27)34(12-15)23(36)20(28-25(38)39-26(2,3)4)14-33-13-19-10-21(33)24(37)35(19)17-7-5-6-16(9-17)22-29-31-32-30-22/h5-7,9,15,18-21H,8,10,12-14H2,1-4H3,(H,28,38)(H,29,30,31,32)/t15?,18?,19-,20?,21?/m0/s1. The number of aromatic amines is 1. The lowest BCUT2D eigenvalue weighted by Gasteiger charge is -2.36. The van der Waals surface area contributed by atoms with E-state index in [9.17, 15) is 19.6 Å². The molecule has 39 heavy (non-hydrogen) atoms. The van der Waals surface area contributed by atoms with E-state index < -0.39 is 29.8 Å². The number of anilines is 1. The predicted octanol–water partition coefficient (Wildman–Crippen LogP) is 1.31. The second-order valence-electron chi connectivity index (χ2n) is 11.5. The van der Waals surface area contributed by atoms with Crippen LogP contribution in [0.1, 0.15) is 40.5 Å². The second-order valence-corrected chi connectivity index (χ2v) is 11.5. The molecule has 0 aliphatic carbocycles. The lowest BCUT2D eigenvalue weighted by molar-refractivity contribution is -0.135. The van der Waals surface area contributed by atoms with Crippen LogP contribution in [0.2, 0.25) is 0 Å². The minimum absolute atomic E-state index is 0.0627. The summed E-state index contributed by atoms with van der Waals surface area (Å²) in [5, 5.41) is 26.3. The number of H-pyrrole nitrogens is 1. The lowest BCUT2D eigenvalue weighted by Crippen LogP contribution is -2.59. The van der Waals surface area contributed by atoms with Gasteiger partial charge in [-0.15, -0.1) is 5.10 Å². The van der Waals surface area contributed by atoms with Crippen LogP contribution in [0.3, 0.4) is 0 Å². The highest BCUT2D eigenvalue weighted by atomic mass is 16.6. The zero-order chi connectivity index (χ0) is 27.9. The van der Waals surface area contributed by atoms with Crippen LogP contribution >= 0.6 is 0 Å². The average Bonchev–Trinajstić information content (AvgIpc) is 3.66. The molecule has 3 fully saturated rings. The Labute approximate surface area is 226 Å². The Morgan fingerprint density at radius 1 is 1.28 bits per heavy atom. The number of hydrogen-bond acceptors (Lipinski definition) is 9. The number of tetrazole rings is 1. The number of benzene rings is 1. The van der Waals surface area contributed by atoms with Crippen molar-refractivity contribution in [3.8, 4) is 17.5 Å². The normalized spacial score (nSPS) is 25.6. The number of piperazine rings is 1. The zero-order valence-electron chi connectivity index (χ0n) is 22.5. The first kappa shape index (κ1) is 26.6. The highest BCUT2D eigenvalue weighted by Gasteiger charge is 2.51. The molecule has 4 unspecified atom stereocenters. The topological polar surface area (TPSA) is 160 Å². The van der Waals surface area contributed by atoms with Crippen molar-refractivity contribution < 1.29 is 19.1 Å². The van der Waals surface area contributed by atoms with Crippen molar-refractivity contribution in [2.24, 2.45) is 5.92 Å². The molecule has 2 aromatic rings. The van der Waals surface area contributed by atoms with E-state index >= 15 is 0 Å². The van der Waals surface area contributed by atoms with Crippen molar-refractivity contribution in [2.45, 2.75) is 70.3 Å². The quantitative estimate of drug-likeness (QED) is 0.556. The molecule has 13 heteroatoms. The van der Waals surface area contributed by atoms with Gasteiger partial charge >= 0.3 is 6.09 Å². The van der Waals surface area contributed by atoms with Crippen molar-refractivity contribution in [3.63, 3.8) is 0 Å². The molecular weight excluding hydrogens is 502 g/mol. The summed E-state index contributed by atoms with van der Waals surface area (Å²) in [6.45, 7) is 8.37. The number of carbonyl (C=O) groups is 3. The van der Waals surface area contributed by atoms with Crippen molar-refractivity contribution in [1.82, 2.24) is 35.7 Å². The highest BCUT2D eigenvalue weighted by Crippen LogP contribution is 2.37. The summed E-state index contributed by atoms with van der Waals surface area (Å²) in [5.41, 5.74) is 0.779. The first-order valence-corrected chi connectivity index (χ1v) is 13.1. The monoisotopic (exact) mass is 535 g/mol. The van der Waals surface area contributed by atoms with Gasteiger partial charge in [0.1, 0.15) is 17.7 Å². The molecule has 2 bridgehead atoms. The fourth-order valence-corrected chi connectivity index (χ4v) is 5.77. The summed E-state index contributed by atoms with van der Waals surface area (Å²) in [6.07, 6.45) is 0.492. The highest BCUT2D eigenvalue weighted by molar-refractivity contribution is 6.01. The van der Waals surface area contributed by atoms with Crippen LogP contribution in [0.15, 0.2) is 24.3 Å². The number of alkyl carbamates (subject to hydrolysis) is 1. The van der Waals surface area contributed by atoms with Crippen LogP contribution in [-0.2, 0) is 14.3 Å². The maximum Gasteiger partial charge on any atom is 0.408 e. The summed E-state index contributed by atoms with van der Waals surface area (Å²) >= 11 is 0. The van der Waals surface area contributed by atoms with Gasteiger partial charge in [-0.05, 0) is 62.1 Å². The molecule has 13 nitrogen and oxygen atoms in total. The molecule has 1 aromatic heterocycles. The fraction of sp³-hybridized carbons (Fsp3) is 0.577. The van der Waals surface area contributed by atoms with E-state index in [1.54, 1.807) is 30.6 Å². The lowest BCUT2D eigenvalue weighted by atomic mass is 10.1. The molecule has 2 N–H and O–H groups in total. The summed E-state index contributed by atoms with van der Waals surface area (Å²) in [6, 6.07) is 7.67. The van der Waals surface area contributed by atoms with Gasteiger partial charge < -0.3 is 19.9 Å². The third-order valence-electron chi connectivity index (χ3n) is 7.36. The number of likely N-dealkylation sites (tertiary alicyclic amines) is 2. The maximum absolute atomic E-state index is 13.6. The summed E-state index contributed by atoms with van der Waals surface area (Å²) in [4.78, 5) is 45.1. The third-order valence-corrected chi connectivity index (χ3v) is 7.36. The Balaban J connectivity index is 1.32. The van der Waals surface area contributed by atoms with Crippen LogP contribution < -0.4 is 10.2 Å². The SMILES string of the molecule is CC1CC(C#N)N(C(=O)C(CN2C[C@@H]3CC2C(=O)N3c2cccc(-c3nnn[nH]3)c2)NC(=O)OC(C)(C)C)C1. The molecular formula is C26H33N9O4. The minimum atomic E-state index is -0.955. The number of hydrogen-bond donors (Lipinski definition) is 2. The Bertz CT molecular complexity index is 1290. The molecule has 3 saturated heterocycles. The van der Waals surface area contributed by atoms with E-state index in [0.717, 1.165) is 11.3 Å². The van der Waals surface area contributed by atoms with Gasteiger partial charge in [0.2, 0.25) is 11.8 Å². The predicted molar refractivity (Wildman–Crippen MR) is 139 cm³/mol. The minimum Gasteiger partial charge on any atom is -0.444 e. The zero-order valence-corrected chi connectivity index (χ0v) is 22.5. The van der Waals surface area contributed by atoms with Gasteiger partial charge in [0.15, 0.2) is 5.82 Å². The van der Waals surface area contributed by atoms with Gasteiger partial charge in [-0.1, -0.05) is 19.1 Å². The molecule has 206 valence electrons. The number of aromatic nitrogens is 4. The maximum atomic E-state index is 13.6. The van der Waals surface area contributed by atoms with Gasteiger partial charge in [-0.3, -0.25) is 14.5 Å². The van der Waals surface area contributed by atoms with E-state index in [-0.39, 0.29) is 30.3 Å². The van der Waals surface area contributed by atoms with Crippen LogP contribution in [0.25, 0.3) is 11.4 Å². The van der Waals surface area contributed by atoms with Crippen LogP contribution in [0.4, 0.5) is 10.5 Å². The van der Waals surface area contributed by atoms with Crippen LogP contribution in [0, 0.1) is 17.2 Å². The Morgan fingerprint density at radius 2 is 2.08 bits per heavy atom. The molecule has 1 aromatic carbocycles. The molecule has 0 radical (unpaired) electrons. The molecule has 3 aliphatic heterocycles. The Hall–Kier alpha value is -4.05. The smallest absolute Gasteiger partial charge is 0.408 e. The first-order chi connectivity index (χ1) is 18.5. The largest absolute Gasteiger partial charge is 0.444 e. The number of carbonyl (C=O) groups excluding carboxylic acids is 3. The van der Waals surface area contributed by atoms with Crippen molar-refractivity contribution in [3.05, 3.63) is 24.3 Å². The van der Waals surface area contributed by atoms with Crippen LogP contribution in [0.5, 0.6) is 0 Å². The molecule has 0 spiro atoms. The molecule has 3 aliphatic rings. The number of nitrogens with zero attached hydrogens (tertiary/aromatic N) is 7. The fourth-order valence-electron chi connectivity index (χ4n) is 5.77. The number of rotatable bonds is 6. The first-order valence-electron chi connectivity index (χ1n) is 13.1. The van der Waals surface area contributed by atoms with Gasteiger partial charge in [0.05, 0.1) is 18.2 Å².